The van der Waals surface area contributed by atoms with E-state index in [2.05, 4.69) is 0 Å². The van der Waals surface area contributed by atoms with Gasteiger partial charge >= 0.3 is 5.97 Å². The third kappa shape index (κ3) is 4.32. The van der Waals surface area contributed by atoms with Crippen LogP contribution in [0.15, 0.2) is 23.8 Å². The first-order valence-corrected chi connectivity index (χ1v) is 6.28. The van der Waals surface area contributed by atoms with Crippen LogP contribution in [-0.2, 0) is 9.53 Å². The Morgan fingerprint density at radius 1 is 1.50 bits per heavy atom. The second kappa shape index (κ2) is 7.85. The van der Waals surface area contributed by atoms with Crippen molar-refractivity contribution in [3.63, 3.8) is 0 Å². The van der Waals surface area contributed by atoms with Gasteiger partial charge in [-0.15, -0.1) is 0 Å². The lowest BCUT2D eigenvalue weighted by molar-refractivity contribution is -0.138. The summed E-state index contributed by atoms with van der Waals surface area (Å²) in [6, 6.07) is 6.36. The van der Waals surface area contributed by atoms with Crippen molar-refractivity contribution < 1.29 is 19.4 Å². The van der Waals surface area contributed by atoms with Crippen LogP contribution in [0.3, 0.4) is 0 Å². The van der Waals surface area contributed by atoms with Gasteiger partial charge in [-0.3, -0.25) is 0 Å². The number of benzene rings is 1. The number of aromatic hydroxyl groups is 1. The number of carbonyl (C=O) groups excluding carboxylic acids is 1. The maximum atomic E-state index is 11.7. The highest BCUT2D eigenvalue weighted by Crippen LogP contribution is 2.27. The molecule has 20 heavy (non-hydrogen) atoms. The van der Waals surface area contributed by atoms with Crippen molar-refractivity contribution >= 4 is 12.0 Å². The first-order valence-electron chi connectivity index (χ1n) is 6.28. The van der Waals surface area contributed by atoms with E-state index in [1.807, 2.05) is 13.0 Å². The molecule has 0 saturated carbocycles. The number of nitrogens with zero attached hydrogens (tertiary/aromatic N) is 1. The predicted octanol–water partition coefficient (Wildman–Crippen LogP) is 2.65. The van der Waals surface area contributed by atoms with Crippen LogP contribution in [-0.4, -0.2) is 24.8 Å². The Kier molecular flexibility index (Phi) is 6.11. The number of unbranched alkanes of at least 4 members (excludes halogenated alkanes) is 1. The van der Waals surface area contributed by atoms with Gasteiger partial charge in [0.05, 0.1) is 13.7 Å². The van der Waals surface area contributed by atoms with E-state index in [1.54, 1.807) is 6.07 Å². The number of hydrogen-bond acceptors (Lipinski definition) is 5. The molecule has 1 aromatic rings. The second-order valence-electron chi connectivity index (χ2n) is 4.09. The Bertz CT molecular complexity index is 543. The third-order valence-corrected chi connectivity index (χ3v) is 2.59. The van der Waals surface area contributed by atoms with Crippen LogP contribution in [0.2, 0.25) is 0 Å². The second-order valence-corrected chi connectivity index (χ2v) is 4.09. The number of rotatable bonds is 6. The first-order chi connectivity index (χ1) is 9.62. The number of carbonyl (C=O) groups is 1. The number of phenols is 1. The standard InChI is InChI=1S/C15H17NO4/c1-3-4-7-20-15(18)12(10-16)8-11-5-6-13(17)14(9-11)19-2/h5-6,8-9,17H,3-4,7H2,1-2H3. The average molecular weight is 275 g/mol. The van der Waals surface area contributed by atoms with Crippen molar-refractivity contribution in [3.05, 3.63) is 29.3 Å². The van der Waals surface area contributed by atoms with Gasteiger partial charge in [-0.1, -0.05) is 19.4 Å². The molecule has 0 radical (unpaired) electrons. The zero-order chi connectivity index (χ0) is 15.0. The summed E-state index contributed by atoms with van der Waals surface area (Å²) < 4.78 is 9.94. The van der Waals surface area contributed by atoms with Crippen molar-refractivity contribution in [3.8, 4) is 17.6 Å². The highest BCUT2D eigenvalue weighted by atomic mass is 16.5. The Morgan fingerprint density at radius 2 is 2.25 bits per heavy atom. The zero-order valence-corrected chi connectivity index (χ0v) is 11.5. The largest absolute Gasteiger partial charge is 0.504 e. The molecule has 0 bridgehead atoms. The molecule has 106 valence electrons. The topological polar surface area (TPSA) is 79.6 Å². The van der Waals surface area contributed by atoms with Crippen molar-refractivity contribution in [2.24, 2.45) is 0 Å². The summed E-state index contributed by atoms with van der Waals surface area (Å²) in [6.45, 7) is 2.28. The van der Waals surface area contributed by atoms with E-state index in [0.717, 1.165) is 12.8 Å². The van der Waals surface area contributed by atoms with Crippen LogP contribution >= 0.6 is 0 Å². The summed E-state index contributed by atoms with van der Waals surface area (Å²) in [6.07, 6.45) is 3.07. The van der Waals surface area contributed by atoms with Gasteiger partial charge in [-0.2, -0.15) is 5.26 Å². The fourth-order valence-corrected chi connectivity index (χ4v) is 1.47. The van der Waals surface area contributed by atoms with E-state index < -0.39 is 5.97 Å². The molecule has 0 unspecified atom stereocenters. The molecule has 0 aliphatic heterocycles. The molecule has 0 atom stereocenters. The van der Waals surface area contributed by atoms with Gasteiger partial charge in [0.1, 0.15) is 11.6 Å². The summed E-state index contributed by atoms with van der Waals surface area (Å²) >= 11 is 0. The van der Waals surface area contributed by atoms with E-state index >= 15 is 0 Å². The van der Waals surface area contributed by atoms with Gasteiger partial charge in [-0.05, 0) is 30.2 Å². The van der Waals surface area contributed by atoms with E-state index in [0.29, 0.717) is 12.2 Å². The molecule has 0 amide bonds. The normalized spacial score (nSPS) is 10.8. The molecule has 1 N–H and O–H groups in total. The Morgan fingerprint density at radius 3 is 2.85 bits per heavy atom. The monoisotopic (exact) mass is 275 g/mol. The number of nitriles is 1. The number of esters is 1. The molecule has 5 nitrogen and oxygen atoms in total. The van der Waals surface area contributed by atoms with E-state index in [-0.39, 0.29) is 17.1 Å². The third-order valence-electron chi connectivity index (χ3n) is 2.59. The lowest BCUT2D eigenvalue weighted by atomic mass is 10.1. The highest BCUT2D eigenvalue weighted by molar-refractivity contribution is 5.97. The smallest absolute Gasteiger partial charge is 0.348 e. The highest BCUT2D eigenvalue weighted by Gasteiger charge is 2.11. The minimum Gasteiger partial charge on any atom is -0.504 e. The van der Waals surface area contributed by atoms with Crippen LogP contribution in [0.1, 0.15) is 25.3 Å². The molecule has 0 saturated heterocycles. The molecule has 0 spiro atoms. The van der Waals surface area contributed by atoms with Crippen LogP contribution in [0.5, 0.6) is 11.5 Å². The molecule has 0 aliphatic rings. The predicted molar refractivity (Wildman–Crippen MR) is 74.1 cm³/mol. The zero-order valence-electron chi connectivity index (χ0n) is 11.5. The minimum atomic E-state index is -0.645. The molecule has 0 aliphatic carbocycles. The average Bonchev–Trinajstić information content (AvgIpc) is 2.46. The Labute approximate surface area is 118 Å². The van der Waals surface area contributed by atoms with Gasteiger partial charge in [0, 0.05) is 0 Å². The first kappa shape index (κ1) is 15.6. The van der Waals surface area contributed by atoms with Crippen molar-refractivity contribution in [2.75, 3.05) is 13.7 Å². The fraction of sp³-hybridized carbons (Fsp3) is 0.333. The number of hydrogen-bond donors (Lipinski definition) is 1. The van der Waals surface area contributed by atoms with Crippen LogP contribution in [0.25, 0.3) is 6.08 Å². The van der Waals surface area contributed by atoms with Crippen LogP contribution in [0.4, 0.5) is 0 Å². The van der Waals surface area contributed by atoms with Crippen molar-refractivity contribution in [2.45, 2.75) is 19.8 Å². The summed E-state index contributed by atoms with van der Waals surface area (Å²) in [4.78, 5) is 11.7. The molecule has 0 fully saturated rings. The van der Waals surface area contributed by atoms with Crippen molar-refractivity contribution in [1.29, 1.82) is 5.26 Å². The van der Waals surface area contributed by atoms with E-state index in [4.69, 9.17) is 14.7 Å². The molecule has 1 aromatic carbocycles. The van der Waals surface area contributed by atoms with Crippen molar-refractivity contribution in [1.82, 2.24) is 0 Å². The fourth-order valence-electron chi connectivity index (χ4n) is 1.47. The molecular formula is C15H17NO4. The molecule has 0 heterocycles. The lowest BCUT2D eigenvalue weighted by Gasteiger charge is -2.05. The van der Waals surface area contributed by atoms with Gasteiger partial charge in [0.25, 0.3) is 0 Å². The Balaban J connectivity index is 2.89. The molecule has 1 rings (SSSR count). The Hall–Kier alpha value is -2.48. The maximum Gasteiger partial charge on any atom is 0.348 e. The van der Waals surface area contributed by atoms with E-state index in [9.17, 15) is 9.90 Å². The van der Waals surface area contributed by atoms with Crippen LogP contribution in [0, 0.1) is 11.3 Å². The van der Waals surface area contributed by atoms with E-state index in [1.165, 1.54) is 25.3 Å². The van der Waals surface area contributed by atoms with Gasteiger partial charge in [-0.25, -0.2) is 4.79 Å². The maximum absolute atomic E-state index is 11.7. The summed E-state index contributed by atoms with van der Waals surface area (Å²) in [7, 11) is 1.42. The minimum absolute atomic E-state index is 0.00585. The quantitative estimate of drug-likeness (QED) is 0.373. The molecular weight excluding hydrogens is 258 g/mol. The summed E-state index contributed by atoms with van der Waals surface area (Å²) in [5, 5.41) is 18.5. The van der Waals surface area contributed by atoms with Gasteiger partial charge in [0.2, 0.25) is 0 Å². The number of ether oxygens (including phenoxy) is 2. The lowest BCUT2D eigenvalue weighted by Crippen LogP contribution is -2.07. The number of phenolic OH excluding ortho intramolecular Hbond substituents is 1. The van der Waals surface area contributed by atoms with Crippen LogP contribution < -0.4 is 4.74 Å². The number of methoxy groups -OCH3 is 1. The molecule has 0 aromatic heterocycles. The summed E-state index contributed by atoms with van der Waals surface area (Å²) in [5.41, 5.74) is 0.484. The summed E-state index contributed by atoms with van der Waals surface area (Å²) in [5.74, 6) is -0.378. The molecule has 5 heteroatoms. The van der Waals surface area contributed by atoms with Gasteiger partial charge in [0.15, 0.2) is 11.5 Å². The van der Waals surface area contributed by atoms with Gasteiger partial charge < -0.3 is 14.6 Å². The SMILES string of the molecule is CCCCOC(=O)C(C#N)=Cc1ccc(O)c(OC)c1.